The van der Waals surface area contributed by atoms with Gasteiger partial charge in [-0.15, -0.1) is 0 Å². The van der Waals surface area contributed by atoms with E-state index in [2.05, 4.69) is 12.2 Å². The zero-order chi connectivity index (χ0) is 12.3. The fourth-order valence-corrected chi connectivity index (χ4v) is 1.98. The second-order valence-corrected chi connectivity index (χ2v) is 4.91. The Hall–Kier alpha value is -0.960. The molecular formula is C14H19F2N. The Morgan fingerprint density at radius 2 is 2.06 bits per heavy atom. The number of benzene rings is 1. The quantitative estimate of drug-likeness (QED) is 0.803. The lowest BCUT2D eigenvalue weighted by molar-refractivity contribution is 0.455. The van der Waals surface area contributed by atoms with Gasteiger partial charge in [0.05, 0.1) is 0 Å². The number of rotatable bonds is 6. The molecule has 1 saturated carbocycles. The molecule has 0 heterocycles. The maximum absolute atomic E-state index is 13.1. The van der Waals surface area contributed by atoms with E-state index in [1.165, 1.54) is 25.0 Å². The Bertz CT molecular complexity index is 374. The molecule has 0 amide bonds. The molecule has 3 heteroatoms. The van der Waals surface area contributed by atoms with E-state index in [1.54, 1.807) is 6.07 Å². The highest BCUT2D eigenvalue weighted by Crippen LogP contribution is 2.20. The van der Waals surface area contributed by atoms with E-state index >= 15 is 0 Å². The lowest BCUT2D eigenvalue weighted by Gasteiger charge is -2.15. The first-order valence-electron chi connectivity index (χ1n) is 6.36. The average Bonchev–Trinajstić information content (AvgIpc) is 3.13. The van der Waals surface area contributed by atoms with E-state index in [4.69, 9.17) is 0 Å². The van der Waals surface area contributed by atoms with E-state index in [9.17, 15) is 8.78 Å². The first-order chi connectivity index (χ1) is 8.19. The summed E-state index contributed by atoms with van der Waals surface area (Å²) in [5, 5.41) is 3.49. The molecule has 0 aliphatic heterocycles. The van der Waals surface area contributed by atoms with Crippen LogP contribution in [0, 0.1) is 17.6 Å². The van der Waals surface area contributed by atoms with E-state index in [0.717, 1.165) is 24.9 Å². The third kappa shape index (κ3) is 3.77. The monoisotopic (exact) mass is 239 g/mol. The van der Waals surface area contributed by atoms with Gasteiger partial charge in [0.2, 0.25) is 0 Å². The summed E-state index contributed by atoms with van der Waals surface area (Å²) in [5.74, 6) is -1.01. The molecule has 1 nitrogen and oxygen atoms in total. The largest absolute Gasteiger partial charge is 0.314 e. The third-order valence-electron chi connectivity index (χ3n) is 3.36. The van der Waals surface area contributed by atoms with Crippen molar-refractivity contribution in [3.05, 3.63) is 35.4 Å². The SMILES string of the molecule is CCC(CNC1CC1)Cc1ccc(F)c(F)c1. The lowest BCUT2D eigenvalue weighted by Crippen LogP contribution is -2.25. The third-order valence-corrected chi connectivity index (χ3v) is 3.36. The molecule has 94 valence electrons. The van der Waals surface area contributed by atoms with Gasteiger partial charge in [0.25, 0.3) is 0 Å². The Balaban J connectivity index is 1.89. The van der Waals surface area contributed by atoms with Crippen molar-refractivity contribution in [3.8, 4) is 0 Å². The summed E-state index contributed by atoms with van der Waals surface area (Å²) in [4.78, 5) is 0. The minimum absolute atomic E-state index is 0.500. The number of hydrogen-bond donors (Lipinski definition) is 1. The minimum Gasteiger partial charge on any atom is -0.314 e. The molecule has 1 aliphatic carbocycles. The molecule has 1 N–H and O–H groups in total. The van der Waals surface area contributed by atoms with Crippen molar-refractivity contribution in [1.82, 2.24) is 5.32 Å². The second kappa shape index (κ2) is 5.58. The van der Waals surface area contributed by atoms with Crippen LogP contribution in [-0.2, 0) is 6.42 Å². The van der Waals surface area contributed by atoms with Gasteiger partial charge in [-0.1, -0.05) is 19.4 Å². The van der Waals surface area contributed by atoms with Crippen molar-refractivity contribution >= 4 is 0 Å². The fraction of sp³-hybridized carbons (Fsp3) is 0.571. The van der Waals surface area contributed by atoms with Crippen LogP contribution in [0.25, 0.3) is 0 Å². The summed E-state index contributed by atoms with van der Waals surface area (Å²) >= 11 is 0. The summed E-state index contributed by atoms with van der Waals surface area (Å²) in [6, 6.07) is 4.91. The predicted molar refractivity (Wildman–Crippen MR) is 64.9 cm³/mol. The van der Waals surface area contributed by atoms with Gasteiger partial charge in [0.1, 0.15) is 0 Å². The summed E-state index contributed by atoms with van der Waals surface area (Å²) in [7, 11) is 0. The molecular weight excluding hydrogens is 220 g/mol. The van der Waals surface area contributed by atoms with Crippen LogP contribution in [0.5, 0.6) is 0 Å². The maximum Gasteiger partial charge on any atom is 0.159 e. The van der Waals surface area contributed by atoms with Gasteiger partial charge in [-0.25, -0.2) is 8.78 Å². The van der Waals surface area contributed by atoms with Crippen LogP contribution < -0.4 is 5.32 Å². The van der Waals surface area contributed by atoms with E-state index in [0.29, 0.717) is 12.0 Å². The first-order valence-corrected chi connectivity index (χ1v) is 6.36. The molecule has 1 aliphatic rings. The minimum atomic E-state index is -0.766. The smallest absolute Gasteiger partial charge is 0.159 e. The first kappa shape index (κ1) is 12.5. The molecule has 0 aromatic heterocycles. The van der Waals surface area contributed by atoms with Crippen molar-refractivity contribution in [1.29, 1.82) is 0 Å². The van der Waals surface area contributed by atoms with Gasteiger partial charge in [0, 0.05) is 6.04 Å². The van der Waals surface area contributed by atoms with Gasteiger partial charge in [-0.3, -0.25) is 0 Å². The molecule has 0 bridgehead atoms. The van der Waals surface area contributed by atoms with Crippen LogP contribution in [0.15, 0.2) is 18.2 Å². The molecule has 0 spiro atoms. The van der Waals surface area contributed by atoms with Crippen molar-refractivity contribution in [2.45, 2.75) is 38.6 Å². The topological polar surface area (TPSA) is 12.0 Å². The normalized spacial score (nSPS) is 17.1. The summed E-state index contributed by atoms with van der Waals surface area (Å²) in [6.45, 7) is 3.11. The summed E-state index contributed by atoms with van der Waals surface area (Å²) < 4.78 is 25.9. The predicted octanol–water partition coefficient (Wildman–Crippen LogP) is 3.29. The second-order valence-electron chi connectivity index (χ2n) is 4.91. The molecule has 0 saturated heterocycles. The van der Waals surface area contributed by atoms with Crippen molar-refractivity contribution in [3.63, 3.8) is 0 Å². The lowest BCUT2D eigenvalue weighted by atomic mass is 9.96. The Morgan fingerprint density at radius 1 is 1.29 bits per heavy atom. The molecule has 1 unspecified atom stereocenters. The molecule has 1 aromatic carbocycles. The number of hydrogen-bond acceptors (Lipinski definition) is 1. The molecule has 1 aromatic rings. The fourth-order valence-electron chi connectivity index (χ4n) is 1.98. The Morgan fingerprint density at radius 3 is 2.65 bits per heavy atom. The van der Waals surface area contributed by atoms with Crippen LogP contribution in [0.3, 0.4) is 0 Å². The Labute approximate surface area is 101 Å². The van der Waals surface area contributed by atoms with Crippen molar-refractivity contribution in [2.75, 3.05) is 6.54 Å². The standard InChI is InChI=1S/C14H19F2N/c1-2-10(9-17-12-4-5-12)7-11-3-6-13(15)14(16)8-11/h3,6,8,10,12,17H,2,4-5,7,9H2,1H3. The van der Waals surface area contributed by atoms with Crippen LogP contribution in [-0.4, -0.2) is 12.6 Å². The zero-order valence-corrected chi connectivity index (χ0v) is 10.2. The van der Waals surface area contributed by atoms with Gasteiger partial charge in [-0.05, 0) is 49.4 Å². The van der Waals surface area contributed by atoms with Crippen LogP contribution in [0.2, 0.25) is 0 Å². The number of nitrogens with one attached hydrogen (secondary N) is 1. The molecule has 2 rings (SSSR count). The highest BCUT2D eigenvalue weighted by atomic mass is 19.2. The van der Waals surface area contributed by atoms with Gasteiger partial charge < -0.3 is 5.32 Å². The van der Waals surface area contributed by atoms with Crippen molar-refractivity contribution < 1.29 is 8.78 Å². The summed E-state index contributed by atoms with van der Waals surface area (Å²) in [5.41, 5.74) is 0.883. The van der Waals surface area contributed by atoms with Gasteiger partial charge in [-0.2, -0.15) is 0 Å². The van der Waals surface area contributed by atoms with Crippen LogP contribution in [0.4, 0.5) is 8.78 Å². The molecule has 1 atom stereocenters. The average molecular weight is 239 g/mol. The molecule has 0 radical (unpaired) electrons. The molecule has 17 heavy (non-hydrogen) atoms. The van der Waals surface area contributed by atoms with Gasteiger partial charge >= 0.3 is 0 Å². The Kier molecular flexibility index (Phi) is 4.11. The molecule has 1 fully saturated rings. The van der Waals surface area contributed by atoms with E-state index < -0.39 is 11.6 Å². The van der Waals surface area contributed by atoms with E-state index in [1.807, 2.05) is 0 Å². The number of halogens is 2. The van der Waals surface area contributed by atoms with Crippen LogP contribution >= 0.6 is 0 Å². The maximum atomic E-state index is 13.1. The zero-order valence-electron chi connectivity index (χ0n) is 10.2. The highest BCUT2D eigenvalue weighted by Gasteiger charge is 2.21. The summed E-state index contributed by atoms with van der Waals surface area (Å²) in [6.07, 6.45) is 4.43. The van der Waals surface area contributed by atoms with Gasteiger partial charge in [0.15, 0.2) is 11.6 Å². The van der Waals surface area contributed by atoms with Crippen molar-refractivity contribution in [2.24, 2.45) is 5.92 Å². The highest BCUT2D eigenvalue weighted by molar-refractivity contribution is 5.18. The van der Waals surface area contributed by atoms with Crippen LogP contribution in [0.1, 0.15) is 31.7 Å². The van der Waals surface area contributed by atoms with E-state index in [-0.39, 0.29) is 0 Å².